The lowest BCUT2D eigenvalue weighted by Gasteiger charge is -2.21. The summed E-state index contributed by atoms with van der Waals surface area (Å²) in [6.45, 7) is 9.11. The molecule has 1 aliphatic rings. The highest BCUT2D eigenvalue weighted by Gasteiger charge is 2.18. The minimum Gasteiger partial charge on any atom is -0.342 e. The number of aryl methyl sites for hydroxylation is 1. The Bertz CT molecular complexity index is 557. The van der Waals surface area contributed by atoms with Crippen molar-refractivity contribution in [2.45, 2.75) is 27.2 Å². The average molecular weight is 303 g/mol. The normalized spacial score (nSPS) is 16.2. The molecule has 0 bridgehead atoms. The summed E-state index contributed by atoms with van der Waals surface area (Å²) >= 11 is 0. The Morgan fingerprint density at radius 1 is 1.14 bits per heavy atom. The Morgan fingerprint density at radius 3 is 2.64 bits per heavy atom. The number of nitrogens with one attached hydrogen (secondary N) is 1. The van der Waals surface area contributed by atoms with Crippen LogP contribution in [0.4, 0.5) is 5.69 Å². The van der Waals surface area contributed by atoms with Crippen LogP contribution in [0.1, 0.15) is 24.5 Å². The molecule has 0 saturated carbocycles. The maximum Gasteiger partial charge on any atom is 0.238 e. The van der Waals surface area contributed by atoms with Gasteiger partial charge in [-0.25, -0.2) is 0 Å². The van der Waals surface area contributed by atoms with Crippen molar-refractivity contribution in [1.82, 2.24) is 9.80 Å². The summed E-state index contributed by atoms with van der Waals surface area (Å²) in [5.41, 5.74) is 3.16. The van der Waals surface area contributed by atoms with E-state index in [2.05, 4.69) is 10.2 Å². The van der Waals surface area contributed by atoms with Crippen molar-refractivity contribution in [2.75, 3.05) is 38.0 Å². The summed E-state index contributed by atoms with van der Waals surface area (Å²) in [7, 11) is 0. The third kappa shape index (κ3) is 4.31. The zero-order valence-electron chi connectivity index (χ0n) is 13.7. The molecule has 5 heteroatoms. The lowest BCUT2D eigenvalue weighted by Crippen LogP contribution is -2.37. The second-order valence-electron chi connectivity index (χ2n) is 5.93. The molecule has 1 heterocycles. The third-order valence-electron chi connectivity index (χ3n) is 4.28. The summed E-state index contributed by atoms with van der Waals surface area (Å²) in [5.74, 6) is 0.117. The molecule has 2 amide bonds. The van der Waals surface area contributed by atoms with Gasteiger partial charge in [0.15, 0.2) is 0 Å². The van der Waals surface area contributed by atoms with Crippen LogP contribution in [-0.4, -0.2) is 54.3 Å². The molecule has 2 rings (SSSR count). The first-order valence-electron chi connectivity index (χ1n) is 7.81. The van der Waals surface area contributed by atoms with Crippen molar-refractivity contribution in [3.63, 3.8) is 0 Å². The van der Waals surface area contributed by atoms with Gasteiger partial charge in [-0.3, -0.25) is 14.5 Å². The molecule has 0 aromatic heterocycles. The molecular formula is C17H25N3O2. The van der Waals surface area contributed by atoms with Gasteiger partial charge >= 0.3 is 0 Å². The summed E-state index contributed by atoms with van der Waals surface area (Å²) in [5, 5.41) is 2.99. The van der Waals surface area contributed by atoms with E-state index in [4.69, 9.17) is 0 Å². The zero-order chi connectivity index (χ0) is 16.1. The number of hydrogen-bond acceptors (Lipinski definition) is 3. The smallest absolute Gasteiger partial charge is 0.238 e. The van der Waals surface area contributed by atoms with Crippen LogP contribution in [0, 0.1) is 13.8 Å². The first kappa shape index (κ1) is 16.5. The van der Waals surface area contributed by atoms with Crippen LogP contribution in [0.25, 0.3) is 0 Å². The van der Waals surface area contributed by atoms with Gasteiger partial charge in [0.2, 0.25) is 11.8 Å². The molecule has 0 spiro atoms. The van der Waals surface area contributed by atoms with E-state index in [0.29, 0.717) is 13.1 Å². The first-order valence-corrected chi connectivity index (χ1v) is 7.81. The molecule has 1 N–H and O–H groups in total. The average Bonchev–Trinajstić information content (AvgIpc) is 2.69. The lowest BCUT2D eigenvalue weighted by molar-refractivity contribution is -0.128. The van der Waals surface area contributed by atoms with Crippen molar-refractivity contribution in [3.05, 3.63) is 29.3 Å². The number of anilines is 1. The van der Waals surface area contributed by atoms with Gasteiger partial charge in [-0.2, -0.15) is 0 Å². The Morgan fingerprint density at radius 2 is 1.91 bits per heavy atom. The highest BCUT2D eigenvalue weighted by atomic mass is 16.2. The molecule has 1 fully saturated rings. The number of amides is 2. The molecule has 1 aromatic rings. The molecule has 22 heavy (non-hydrogen) atoms. The van der Waals surface area contributed by atoms with Crippen molar-refractivity contribution in [1.29, 1.82) is 0 Å². The Labute approximate surface area is 132 Å². The van der Waals surface area contributed by atoms with Crippen LogP contribution in [-0.2, 0) is 9.59 Å². The van der Waals surface area contributed by atoms with Crippen LogP contribution in [0.3, 0.4) is 0 Å². The van der Waals surface area contributed by atoms with E-state index >= 15 is 0 Å². The first-order chi connectivity index (χ1) is 10.5. The summed E-state index contributed by atoms with van der Waals surface area (Å²) in [4.78, 5) is 27.6. The fraction of sp³-hybridized carbons (Fsp3) is 0.529. The molecule has 0 aliphatic carbocycles. The van der Waals surface area contributed by atoms with Crippen LogP contribution < -0.4 is 5.32 Å². The predicted octanol–water partition coefficient (Wildman–Crippen LogP) is 1.80. The van der Waals surface area contributed by atoms with Crippen LogP contribution in [0.15, 0.2) is 18.2 Å². The lowest BCUT2D eigenvalue weighted by atomic mass is 10.1. The van der Waals surface area contributed by atoms with Crippen molar-refractivity contribution in [2.24, 2.45) is 0 Å². The largest absolute Gasteiger partial charge is 0.342 e. The van der Waals surface area contributed by atoms with Crippen LogP contribution >= 0.6 is 0 Å². The van der Waals surface area contributed by atoms with Gasteiger partial charge in [-0.05, 0) is 37.5 Å². The quantitative estimate of drug-likeness (QED) is 0.926. The molecule has 5 nitrogen and oxygen atoms in total. The molecule has 1 saturated heterocycles. The topological polar surface area (TPSA) is 52.7 Å². The highest BCUT2D eigenvalue weighted by Crippen LogP contribution is 2.17. The minimum atomic E-state index is 0.00461. The predicted molar refractivity (Wildman–Crippen MR) is 87.9 cm³/mol. The van der Waals surface area contributed by atoms with Crippen molar-refractivity contribution < 1.29 is 9.59 Å². The number of carbonyl (C=O) groups excluding carboxylic acids is 2. The standard InChI is InChI=1S/C17H25N3O2/c1-13-6-4-7-16(14(13)2)18-17(22)12-19-8-5-9-20(11-10-19)15(3)21/h4,6-7H,5,8-12H2,1-3H3,(H,18,22). The molecule has 0 unspecified atom stereocenters. The van der Waals surface area contributed by atoms with Gasteiger partial charge in [0, 0.05) is 38.8 Å². The highest BCUT2D eigenvalue weighted by molar-refractivity contribution is 5.93. The summed E-state index contributed by atoms with van der Waals surface area (Å²) < 4.78 is 0. The number of benzene rings is 1. The SMILES string of the molecule is CC(=O)N1CCCN(CC(=O)Nc2cccc(C)c2C)CC1. The number of hydrogen-bond donors (Lipinski definition) is 1. The number of rotatable bonds is 3. The molecular weight excluding hydrogens is 278 g/mol. The van der Waals surface area contributed by atoms with E-state index in [1.165, 1.54) is 5.56 Å². The van der Waals surface area contributed by atoms with Crippen LogP contribution in [0.5, 0.6) is 0 Å². The Balaban J connectivity index is 1.89. The molecule has 1 aliphatic heterocycles. The molecule has 0 radical (unpaired) electrons. The minimum absolute atomic E-state index is 0.00461. The van der Waals surface area contributed by atoms with Gasteiger partial charge in [0.1, 0.15) is 0 Å². The number of carbonyl (C=O) groups is 2. The monoisotopic (exact) mass is 303 g/mol. The Kier molecular flexibility index (Phi) is 5.55. The van der Waals surface area contributed by atoms with Crippen LogP contribution in [0.2, 0.25) is 0 Å². The van der Waals surface area contributed by atoms with E-state index in [1.54, 1.807) is 6.92 Å². The van der Waals surface area contributed by atoms with Gasteiger partial charge in [-0.1, -0.05) is 12.1 Å². The fourth-order valence-electron chi connectivity index (χ4n) is 2.72. The third-order valence-corrected chi connectivity index (χ3v) is 4.28. The Hall–Kier alpha value is -1.88. The molecule has 120 valence electrons. The maximum absolute atomic E-state index is 12.2. The second-order valence-corrected chi connectivity index (χ2v) is 5.93. The number of nitrogens with zero attached hydrogens (tertiary/aromatic N) is 2. The molecule has 0 atom stereocenters. The van der Waals surface area contributed by atoms with E-state index in [1.807, 2.05) is 36.9 Å². The summed E-state index contributed by atoms with van der Waals surface area (Å²) in [6.07, 6.45) is 0.913. The van der Waals surface area contributed by atoms with Gasteiger partial charge in [0.05, 0.1) is 6.54 Å². The summed E-state index contributed by atoms with van der Waals surface area (Å²) in [6, 6.07) is 5.92. The van der Waals surface area contributed by atoms with Gasteiger partial charge in [-0.15, -0.1) is 0 Å². The van der Waals surface area contributed by atoms with Gasteiger partial charge < -0.3 is 10.2 Å². The van der Waals surface area contributed by atoms with E-state index in [-0.39, 0.29) is 11.8 Å². The van der Waals surface area contributed by atoms with Crippen molar-refractivity contribution in [3.8, 4) is 0 Å². The van der Waals surface area contributed by atoms with E-state index < -0.39 is 0 Å². The van der Waals surface area contributed by atoms with E-state index in [9.17, 15) is 9.59 Å². The van der Waals surface area contributed by atoms with E-state index in [0.717, 1.165) is 37.3 Å². The molecule has 1 aromatic carbocycles. The zero-order valence-corrected chi connectivity index (χ0v) is 13.7. The second kappa shape index (κ2) is 7.40. The fourth-order valence-corrected chi connectivity index (χ4v) is 2.72. The van der Waals surface area contributed by atoms with Crippen molar-refractivity contribution >= 4 is 17.5 Å². The maximum atomic E-state index is 12.2. The van der Waals surface area contributed by atoms with Gasteiger partial charge in [0.25, 0.3) is 0 Å².